The summed E-state index contributed by atoms with van der Waals surface area (Å²) in [5, 5.41) is 10.4. The van der Waals surface area contributed by atoms with Crippen LogP contribution in [0.3, 0.4) is 0 Å². The van der Waals surface area contributed by atoms with Crippen molar-refractivity contribution in [1.82, 2.24) is 19.9 Å². The molecule has 0 bridgehead atoms. The molecule has 1 aromatic carbocycles. The molecule has 3 heterocycles. The summed E-state index contributed by atoms with van der Waals surface area (Å²) < 4.78 is 14.9. The van der Waals surface area contributed by atoms with Crippen LogP contribution in [-0.2, 0) is 4.79 Å². The van der Waals surface area contributed by atoms with E-state index in [0.717, 1.165) is 18.8 Å². The van der Waals surface area contributed by atoms with Crippen molar-refractivity contribution in [2.45, 2.75) is 44.6 Å². The van der Waals surface area contributed by atoms with E-state index in [4.69, 9.17) is 11.6 Å². The SMILES string of the molecule is O=C(NC1CCC(C(=O)Nc2ccc(F)cc2Cl)CC1)c1cnn2cc(N3CCCC3)cnc12. The number of amides is 2. The van der Waals surface area contributed by atoms with Crippen LogP contribution in [0.25, 0.3) is 5.65 Å². The van der Waals surface area contributed by atoms with E-state index < -0.39 is 5.82 Å². The molecule has 2 fully saturated rings. The number of hydrogen-bond donors (Lipinski definition) is 2. The smallest absolute Gasteiger partial charge is 0.256 e. The third kappa shape index (κ3) is 4.70. The van der Waals surface area contributed by atoms with Crippen molar-refractivity contribution in [2.75, 3.05) is 23.3 Å². The lowest BCUT2D eigenvalue weighted by atomic mass is 9.85. The van der Waals surface area contributed by atoms with Gasteiger partial charge in [0.25, 0.3) is 5.91 Å². The summed E-state index contributed by atoms with van der Waals surface area (Å²) in [6, 6.07) is 3.87. The van der Waals surface area contributed by atoms with Gasteiger partial charge in [-0.25, -0.2) is 13.9 Å². The van der Waals surface area contributed by atoms with Crippen LogP contribution < -0.4 is 15.5 Å². The lowest BCUT2D eigenvalue weighted by Gasteiger charge is -2.28. The highest BCUT2D eigenvalue weighted by Gasteiger charge is 2.28. The van der Waals surface area contributed by atoms with E-state index in [2.05, 4.69) is 25.6 Å². The van der Waals surface area contributed by atoms with E-state index in [1.165, 1.54) is 31.0 Å². The van der Waals surface area contributed by atoms with Gasteiger partial charge >= 0.3 is 0 Å². The average molecular weight is 485 g/mol. The topological polar surface area (TPSA) is 91.6 Å². The molecular weight excluding hydrogens is 459 g/mol. The number of nitrogens with zero attached hydrogens (tertiary/aromatic N) is 4. The minimum Gasteiger partial charge on any atom is -0.369 e. The fourth-order valence-corrected chi connectivity index (χ4v) is 4.97. The van der Waals surface area contributed by atoms with Crippen molar-refractivity contribution in [1.29, 1.82) is 0 Å². The van der Waals surface area contributed by atoms with Gasteiger partial charge in [-0.05, 0) is 56.7 Å². The minimum atomic E-state index is -0.451. The second-order valence-corrected chi connectivity index (χ2v) is 9.38. The number of fused-ring (bicyclic) bond motifs is 1. The molecule has 1 aliphatic carbocycles. The van der Waals surface area contributed by atoms with Crippen molar-refractivity contribution in [3.05, 3.63) is 53.2 Å². The second-order valence-electron chi connectivity index (χ2n) is 8.97. The summed E-state index contributed by atoms with van der Waals surface area (Å²) in [5.41, 5.74) is 2.39. The molecule has 2 N–H and O–H groups in total. The summed E-state index contributed by atoms with van der Waals surface area (Å²) in [4.78, 5) is 32.3. The second kappa shape index (κ2) is 9.58. The number of halogens is 2. The van der Waals surface area contributed by atoms with Crippen LogP contribution in [0.15, 0.2) is 36.8 Å². The van der Waals surface area contributed by atoms with Crippen molar-refractivity contribution in [3.63, 3.8) is 0 Å². The van der Waals surface area contributed by atoms with Gasteiger partial charge in [-0.15, -0.1) is 0 Å². The minimum absolute atomic E-state index is 0.0233. The van der Waals surface area contributed by atoms with Gasteiger partial charge in [-0.3, -0.25) is 9.59 Å². The lowest BCUT2D eigenvalue weighted by Crippen LogP contribution is -2.39. The van der Waals surface area contributed by atoms with Gasteiger partial charge < -0.3 is 15.5 Å². The molecule has 178 valence electrons. The monoisotopic (exact) mass is 484 g/mol. The highest BCUT2D eigenvalue weighted by molar-refractivity contribution is 6.33. The first-order chi connectivity index (χ1) is 16.5. The van der Waals surface area contributed by atoms with Crippen LogP contribution in [0.2, 0.25) is 5.02 Å². The van der Waals surface area contributed by atoms with Crippen LogP contribution in [0.4, 0.5) is 15.8 Å². The van der Waals surface area contributed by atoms with Crippen molar-refractivity contribution in [2.24, 2.45) is 5.92 Å². The molecule has 3 aromatic rings. The Morgan fingerprint density at radius 2 is 1.85 bits per heavy atom. The molecule has 1 aliphatic heterocycles. The number of anilines is 2. The fraction of sp³-hybridized carbons (Fsp3) is 0.417. The standard InChI is InChI=1S/C24H26ClFN6O2/c25-20-11-16(26)5-8-21(20)30-23(33)15-3-6-17(7-4-15)29-24(34)19-13-28-32-14-18(12-27-22(19)32)31-9-1-2-10-31/h5,8,11-15,17H,1-4,6-7,9-10H2,(H,29,34)(H,30,33). The Morgan fingerprint density at radius 3 is 2.59 bits per heavy atom. The molecule has 0 unspecified atom stereocenters. The molecule has 0 radical (unpaired) electrons. The number of rotatable bonds is 5. The molecule has 1 saturated heterocycles. The summed E-state index contributed by atoms with van der Waals surface area (Å²) in [7, 11) is 0. The van der Waals surface area contributed by atoms with E-state index in [1.807, 2.05) is 6.20 Å². The highest BCUT2D eigenvalue weighted by atomic mass is 35.5. The molecule has 0 spiro atoms. The molecule has 8 nitrogen and oxygen atoms in total. The Bertz CT molecular complexity index is 1220. The average Bonchev–Trinajstić information content (AvgIpc) is 3.51. The Balaban J connectivity index is 1.16. The number of nitrogens with one attached hydrogen (secondary N) is 2. The van der Waals surface area contributed by atoms with E-state index in [1.54, 1.807) is 16.9 Å². The number of benzene rings is 1. The molecule has 34 heavy (non-hydrogen) atoms. The number of hydrogen-bond acceptors (Lipinski definition) is 5. The van der Waals surface area contributed by atoms with E-state index in [0.29, 0.717) is 42.6 Å². The van der Waals surface area contributed by atoms with Crippen LogP contribution in [-0.4, -0.2) is 45.5 Å². The van der Waals surface area contributed by atoms with Crippen LogP contribution in [0.1, 0.15) is 48.9 Å². The maximum Gasteiger partial charge on any atom is 0.256 e. The Labute approximate surface area is 201 Å². The third-order valence-electron chi connectivity index (χ3n) is 6.68. The molecule has 10 heteroatoms. The quantitative estimate of drug-likeness (QED) is 0.570. The van der Waals surface area contributed by atoms with Crippen LogP contribution in [0, 0.1) is 11.7 Å². The number of carbonyl (C=O) groups is 2. The summed E-state index contributed by atoms with van der Waals surface area (Å²) in [5.74, 6) is -0.981. The zero-order valence-corrected chi connectivity index (χ0v) is 19.4. The first kappa shape index (κ1) is 22.6. The Kier molecular flexibility index (Phi) is 6.36. The molecule has 2 aromatic heterocycles. The number of aromatic nitrogens is 3. The molecular formula is C24H26ClFN6O2. The molecule has 5 rings (SSSR count). The normalized spacial score (nSPS) is 20.5. The van der Waals surface area contributed by atoms with Gasteiger partial charge in [0.05, 0.1) is 35.0 Å². The van der Waals surface area contributed by atoms with E-state index >= 15 is 0 Å². The predicted octanol–water partition coefficient (Wildman–Crippen LogP) is 4.05. The van der Waals surface area contributed by atoms with Gasteiger partial charge in [0.2, 0.25) is 5.91 Å². The summed E-state index contributed by atoms with van der Waals surface area (Å²) in [6.07, 6.45) is 10.3. The van der Waals surface area contributed by atoms with Gasteiger partial charge in [0, 0.05) is 25.0 Å². The third-order valence-corrected chi connectivity index (χ3v) is 6.99. The van der Waals surface area contributed by atoms with Crippen molar-refractivity contribution < 1.29 is 14.0 Å². The molecule has 2 amide bonds. The predicted molar refractivity (Wildman–Crippen MR) is 128 cm³/mol. The van der Waals surface area contributed by atoms with E-state index in [9.17, 15) is 14.0 Å². The van der Waals surface area contributed by atoms with Gasteiger partial charge in [-0.1, -0.05) is 11.6 Å². The Morgan fingerprint density at radius 1 is 1.09 bits per heavy atom. The maximum atomic E-state index is 13.2. The molecule has 0 atom stereocenters. The summed E-state index contributed by atoms with van der Waals surface area (Å²) in [6.45, 7) is 2.03. The molecule has 2 aliphatic rings. The first-order valence-electron chi connectivity index (χ1n) is 11.6. The highest BCUT2D eigenvalue weighted by Crippen LogP contribution is 2.28. The van der Waals surface area contributed by atoms with Crippen molar-refractivity contribution in [3.8, 4) is 0 Å². The fourth-order valence-electron chi connectivity index (χ4n) is 4.75. The molecule has 1 saturated carbocycles. The van der Waals surface area contributed by atoms with Crippen LogP contribution in [0.5, 0.6) is 0 Å². The van der Waals surface area contributed by atoms with Gasteiger partial charge in [0.15, 0.2) is 5.65 Å². The maximum absolute atomic E-state index is 13.2. The number of carbonyl (C=O) groups excluding carboxylic acids is 2. The largest absolute Gasteiger partial charge is 0.369 e. The van der Waals surface area contributed by atoms with Gasteiger partial charge in [-0.2, -0.15) is 5.10 Å². The lowest BCUT2D eigenvalue weighted by molar-refractivity contribution is -0.120. The summed E-state index contributed by atoms with van der Waals surface area (Å²) >= 11 is 6.01. The first-order valence-corrected chi connectivity index (χ1v) is 12.0. The Hall–Kier alpha value is -3.20. The van der Waals surface area contributed by atoms with Gasteiger partial charge in [0.1, 0.15) is 11.4 Å². The zero-order valence-electron chi connectivity index (χ0n) is 18.6. The van der Waals surface area contributed by atoms with E-state index in [-0.39, 0.29) is 28.8 Å². The van der Waals surface area contributed by atoms with Crippen LogP contribution >= 0.6 is 11.6 Å². The zero-order chi connectivity index (χ0) is 23.7. The van der Waals surface area contributed by atoms with Crippen molar-refractivity contribution >= 4 is 40.4 Å².